The number of carboxylic acid groups (broad SMARTS) is 2. The van der Waals surface area contributed by atoms with E-state index in [1.807, 2.05) is 0 Å². The van der Waals surface area contributed by atoms with E-state index in [1.165, 1.54) is 18.2 Å². The molecule has 0 aromatic heterocycles. The van der Waals surface area contributed by atoms with Gasteiger partial charge < -0.3 is 20.8 Å². The zero-order chi connectivity index (χ0) is 16.7. The molecule has 0 fully saturated rings. The molecule has 0 bridgehead atoms. The van der Waals surface area contributed by atoms with Crippen LogP contribution in [0.3, 0.4) is 0 Å². The van der Waals surface area contributed by atoms with Crippen LogP contribution in [0, 0.1) is 0 Å². The fraction of sp³-hybridized carbons (Fsp3) is 0.231. The summed E-state index contributed by atoms with van der Waals surface area (Å²) in [5, 5.41) is 22.0. The third-order valence-electron chi connectivity index (χ3n) is 2.55. The van der Waals surface area contributed by atoms with Gasteiger partial charge in [-0.1, -0.05) is 12.1 Å². The van der Waals surface area contributed by atoms with Gasteiger partial charge >= 0.3 is 11.9 Å². The summed E-state index contributed by atoms with van der Waals surface area (Å²) >= 11 is 5.36. The van der Waals surface area contributed by atoms with Crippen LogP contribution >= 0.6 is 11.6 Å². The molecular formula is C13H13ClN2O6. The lowest BCUT2D eigenvalue weighted by Crippen LogP contribution is -2.42. The number of nitrogens with one attached hydrogen (secondary N) is 2. The number of halogens is 1. The number of amides is 2. The Labute approximate surface area is 130 Å². The van der Waals surface area contributed by atoms with Crippen molar-refractivity contribution < 1.29 is 29.4 Å². The number of hydrogen-bond donors (Lipinski definition) is 4. The Kier molecular flexibility index (Phi) is 6.33. The van der Waals surface area contributed by atoms with Gasteiger partial charge in [0.15, 0.2) is 0 Å². The van der Waals surface area contributed by atoms with Crippen LogP contribution in [0.5, 0.6) is 0 Å². The van der Waals surface area contributed by atoms with E-state index in [9.17, 15) is 19.2 Å². The molecule has 0 aliphatic heterocycles. The van der Waals surface area contributed by atoms with Gasteiger partial charge in [0.2, 0.25) is 5.91 Å². The van der Waals surface area contributed by atoms with Gasteiger partial charge in [0.25, 0.3) is 5.91 Å². The van der Waals surface area contributed by atoms with Gasteiger partial charge in [-0.25, -0.2) is 4.79 Å². The van der Waals surface area contributed by atoms with Gasteiger partial charge in [0, 0.05) is 0 Å². The number of para-hydroxylation sites is 1. The van der Waals surface area contributed by atoms with Gasteiger partial charge in [-0.05, 0) is 12.1 Å². The number of hydrogen-bond acceptors (Lipinski definition) is 4. The molecule has 1 aromatic carbocycles. The third-order valence-corrected chi connectivity index (χ3v) is 2.79. The molecule has 0 heterocycles. The molecule has 9 heteroatoms. The highest BCUT2D eigenvalue weighted by Crippen LogP contribution is 2.15. The van der Waals surface area contributed by atoms with Crippen LogP contribution in [0.25, 0.3) is 0 Å². The average molecular weight is 329 g/mol. The van der Waals surface area contributed by atoms with Crippen LogP contribution in [0.2, 0.25) is 0 Å². The maximum atomic E-state index is 12.1. The molecule has 118 valence electrons. The summed E-state index contributed by atoms with van der Waals surface area (Å²) in [5.41, 5.74) is 0.141. The van der Waals surface area contributed by atoms with E-state index in [0.29, 0.717) is 0 Å². The standard InChI is InChI=1S/C13H13ClN2O6/c14-6-10(17)15-8-4-2-1-3-7(8)12(20)16-9(13(21)22)5-11(18)19/h1-4,9H,5-6H2,(H,15,17)(H,16,20)(H,18,19)(H,21,22)/t9-/m0/s1. The number of carbonyl (C=O) groups is 4. The SMILES string of the molecule is O=C(O)C[C@H](NC(=O)c1ccccc1NC(=O)CCl)C(=O)O. The number of rotatable bonds is 7. The molecule has 2 amide bonds. The zero-order valence-corrected chi connectivity index (χ0v) is 12.0. The predicted molar refractivity (Wildman–Crippen MR) is 76.9 cm³/mol. The highest BCUT2D eigenvalue weighted by molar-refractivity contribution is 6.29. The van der Waals surface area contributed by atoms with Crippen molar-refractivity contribution in [3.05, 3.63) is 29.8 Å². The molecule has 1 aromatic rings. The van der Waals surface area contributed by atoms with Crippen molar-refractivity contribution in [2.45, 2.75) is 12.5 Å². The second-order valence-electron chi connectivity index (χ2n) is 4.19. The summed E-state index contributed by atoms with van der Waals surface area (Å²) in [6, 6.07) is 4.29. The van der Waals surface area contributed by atoms with E-state index in [-0.39, 0.29) is 17.1 Å². The maximum absolute atomic E-state index is 12.1. The molecular weight excluding hydrogens is 316 g/mol. The minimum Gasteiger partial charge on any atom is -0.481 e. The first-order valence-electron chi connectivity index (χ1n) is 6.05. The first-order valence-corrected chi connectivity index (χ1v) is 6.59. The van der Waals surface area contributed by atoms with Crippen LogP contribution in [0.1, 0.15) is 16.8 Å². The molecule has 8 nitrogen and oxygen atoms in total. The maximum Gasteiger partial charge on any atom is 0.326 e. The van der Waals surface area contributed by atoms with Gasteiger partial charge in [-0.2, -0.15) is 0 Å². The summed E-state index contributed by atoms with van der Waals surface area (Å²) in [6.45, 7) is 0. The Bertz CT molecular complexity index is 604. The largest absolute Gasteiger partial charge is 0.481 e. The molecule has 1 atom stereocenters. The number of alkyl halides is 1. The second-order valence-corrected chi connectivity index (χ2v) is 4.46. The van der Waals surface area contributed by atoms with E-state index in [4.69, 9.17) is 21.8 Å². The third kappa shape index (κ3) is 5.06. The highest BCUT2D eigenvalue weighted by Gasteiger charge is 2.24. The lowest BCUT2D eigenvalue weighted by Gasteiger charge is -2.14. The van der Waals surface area contributed by atoms with Crippen molar-refractivity contribution in [3.8, 4) is 0 Å². The van der Waals surface area contributed by atoms with Gasteiger partial charge in [-0.15, -0.1) is 11.6 Å². The van der Waals surface area contributed by atoms with Crippen LogP contribution in [0.4, 0.5) is 5.69 Å². The van der Waals surface area contributed by atoms with Crippen LogP contribution in [-0.2, 0) is 14.4 Å². The van der Waals surface area contributed by atoms with Crippen molar-refractivity contribution >= 4 is 41.0 Å². The Hall–Kier alpha value is -2.61. The van der Waals surface area contributed by atoms with E-state index in [2.05, 4.69) is 10.6 Å². The van der Waals surface area contributed by atoms with E-state index in [0.717, 1.165) is 0 Å². The first kappa shape index (κ1) is 17.4. The monoisotopic (exact) mass is 328 g/mol. The van der Waals surface area contributed by atoms with Crippen molar-refractivity contribution in [1.29, 1.82) is 0 Å². The normalized spacial score (nSPS) is 11.3. The summed E-state index contributed by atoms with van der Waals surface area (Å²) in [4.78, 5) is 44.9. The predicted octanol–water partition coefficient (Wildman–Crippen LogP) is 0.522. The highest BCUT2D eigenvalue weighted by atomic mass is 35.5. The first-order chi connectivity index (χ1) is 10.3. The van der Waals surface area contributed by atoms with Gasteiger partial charge in [0.1, 0.15) is 11.9 Å². The van der Waals surface area contributed by atoms with Gasteiger partial charge in [-0.3, -0.25) is 14.4 Å². The fourth-order valence-corrected chi connectivity index (χ4v) is 1.65. The van der Waals surface area contributed by atoms with E-state index < -0.39 is 36.2 Å². The summed E-state index contributed by atoms with van der Waals surface area (Å²) in [5.74, 6) is -4.51. The lowest BCUT2D eigenvalue weighted by atomic mass is 10.1. The Morgan fingerprint density at radius 3 is 2.32 bits per heavy atom. The molecule has 0 aliphatic carbocycles. The minimum atomic E-state index is -1.58. The number of carboxylic acids is 2. The molecule has 0 saturated carbocycles. The smallest absolute Gasteiger partial charge is 0.326 e. The Morgan fingerprint density at radius 2 is 1.77 bits per heavy atom. The van der Waals surface area contributed by atoms with Crippen molar-refractivity contribution in [1.82, 2.24) is 5.32 Å². The van der Waals surface area contributed by atoms with Gasteiger partial charge in [0.05, 0.1) is 17.7 Å². The fourth-order valence-electron chi connectivity index (χ4n) is 1.58. The number of anilines is 1. The summed E-state index contributed by atoms with van der Waals surface area (Å²) in [6.07, 6.45) is -0.767. The van der Waals surface area contributed by atoms with Crippen LogP contribution < -0.4 is 10.6 Å². The number of aliphatic carboxylic acids is 2. The minimum absolute atomic E-state index is 0.00222. The second kappa shape index (κ2) is 7.99. The molecule has 0 saturated heterocycles. The number of benzene rings is 1. The Morgan fingerprint density at radius 1 is 1.14 bits per heavy atom. The van der Waals surface area contributed by atoms with Crippen molar-refractivity contribution in [2.75, 3.05) is 11.2 Å². The molecule has 0 aliphatic rings. The van der Waals surface area contributed by atoms with Crippen molar-refractivity contribution in [2.24, 2.45) is 0 Å². The summed E-state index contributed by atoms with van der Waals surface area (Å²) in [7, 11) is 0. The zero-order valence-electron chi connectivity index (χ0n) is 11.2. The van der Waals surface area contributed by atoms with Crippen molar-refractivity contribution in [3.63, 3.8) is 0 Å². The number of carbonyl (C=O) groups excluding carboxylic acids is 2. The quantitative estimate of drug-likeness (QED) is 0.539. The van der Waals surface area contributed by atoms with E-state index >= 15 is 0 Å². The van der Waals surface area contributed by atoms with Crippen LogP contribution in [-0.4, -0.2) is 45.9 Å². The molecule has 0 unspecified atom stereocenters. The average Bonchev–Trinajstić information content (AvgIpc) is 2.46. The molecule has 1 rings (SSSR count). The van der Waals surface area contributed by atoms with E-state index in [1.54, 1.807) is 6.07 Å². The lowest BCUT2D eigenvalue weighted by molar-refractivity contribution is -0.145. The molecule has 22 heavy (non-hydrogen) atoms. The molecule has 0 spiro atoms. The Balaban J connectivity index is 2.94. The summed E-state index contributed by atoms with van der Waals surface area (Å²) < 4.78 is 0. The molecule has 4 N–H and O–H groups in total. The topological polar surface area (TPSA) is 133 Å². The van der Waals surface area contributed by atoms with Crippen LogP contribution in [0.15, 0.2) is 24.3 Å². The molecule has 0 radical (unpaired) electrons.